The molecular formula is C13H16ClN3O4. The largest absolute Gasteiger partial charge is 0.452 e. The fourth-order valence-electron chi connectivity index (χ4n) is 1.25. The van der Waals surface area contributed by atoms with Gasteiger partial charge in [-0.25, -0.2) is 14.6 Å². The highest BCUT2D eigenvalue weighted by Crippen LogP contribution is 2.12. The van der Waals surface area contributed by atoms with Gasteiger partial charge in [-0.3, -0.25) is 10.1 Å². The maximum absolute atomic E-state index is 11.6. The molecule has 0 radical (unpaired) electrons. The Morgan fingerprint density at radius 2 is 2.10 bits per heavy atom. The second kappa shape index (κ2) is 8.21. The summed E-state index contributed by atoms with van der Waals surface area (Å²) in [7, 11) is 0. The monoisotopic (exact) mass is 313 g/mol. The number of carbonyl (C=O) groups excluding carboxylic acids is 3. The molecule has 0 aliphatic rings. The Labute approximate surface area is 127 Å². The van der Waals surface area contributed by atoms with Crippen LogP contribution in [0.5, 0.6) is 0 Å². The molecular weight excluding hydrogens is 298 g/mol. The molecule has 1 rings (SSSR count). The van der Waals surface area contributed by atoms with E-state index in [2.05, 4.69) is 10.3 Å². The molecule has 0 atom stereocenters. The Morgan fingerprint density at radius 3 is 2.71 bits per heavy atom. The zero-order chi connectivity index (χ0) is 15.8. The average molecular weight is 314 g/mol. The van der Waals surface area contributed by atoms with E-state index in [0.29, 0.717) is 6.54 Å². The van der Waals surface area contributed by atoms with E-state index in [1.807, 2.05) is 19.2 Å². The highest BCUT2D eigenvalue weighted by molar-refractivity contribution is 6.32. The van der Waals surface area contributed by atoms with Crippen LogP contribution in [0, 0.1) is 5.92 Å². The molecule has 0 fully saturated rings. The maximum Gasteiger partial charge on any atom is 0.341 e. The number of amides is 3. The zero-order valence-corrected chi connectivity index (χ0v) is 12.4. The Morgan fingerprint density at radius 1 is 1.38 bits per heavy atom. The third-order valence-corrected chi connectivity index (χ3v) is 2.54. The highest BCUT2D eigenvalue weighted by Gasteiger charge is 2.15. The van der Waals surface area contributed by atoms with Crippen molar-refractivity contribution in [3.63, 3.8) is 0 Å². The number of halogens is 1. The van der Waals surface area contributed by atoms with Gasteiger partial charge in [-0.2, -0.15) is 0 Å². The SMILES string of the molecule is CC(C)CNC(=O)NC(=O)COC(=O)c1cccnc1Cl. The maximum atomic E-state index is 11.6. The van der Waals surface area contributed by atoms with Crippen molar-refractivity contribution in [2.45, 2.75) is 13.8 Å². The number of ether oxygens (including phenoxy) is 1. The molecule has 0 aliphatic heterocycles. The van der Waals surface area contributed by atoms with Crippen LogP contribution in [0.2, 0.25) is 5.15 Å². The predicted molar refractivity (Wildman–Crippen MR) is 75.9 cm³/mol. The molecule has 0 aromatic carbocycles. The van der Waals surface area contributed by atoms with E-state index in [4.69, 9.17) is 16.3 Å². The standard InChI is InChI=1S/C13H16ClN3O4/c1-8(2)6-16-13(20)17-10(18)7-21-12(19)9-4-3-5-15-11(9)14/h3-5,8H,6-7H2,1-2H3,(H2,16,17,18,20). The van der Waals surface area contributed by atoms with Crippen molar-refractivity contribution in [3.8, 4) is 0 Å². The topological polar surface area (TPSA) is 97.4 Å². The lowest BCUT2D eigenvalue weighted by Crippen LogP contribution is -2.42. The Kier molecular flexibility index (Phi) is 6.61. The molecule has 1 aromatic rings. The summed E-state index contributed by atoms with van der Waals surface area (Å²) >= 11 is 5.71. The number of esters is 1. The number of aromatic nitrogens is 1. The van der Waals surface area contributed by atoms with Crippen molar-refractivity contribution >= 4 is 29.5 Å². The van der Waals surface area contributed by atoms with Crippen LogP contribution in [0.1, 0.15) is 24.2 Å². The summed E-state index contributed by atoms with van der Waals surface area (Å²) < 4.78 is 4.74. The average Bonchev–Trinajstić information content (AvgIpc) is 2.43. The van der Waals surface area contributed by atoms with Crippen LogP contribution in [-0.4, -0.2) is 36.0 Å². The van der Waals surface area contributed by atoms with Crippen molar-refractivity contribution < 1.29 is 19.1 Å². The molecule has 1 aromatic heterocycles. The third-order valence-electron chi connectivity index (χ3n) is 2.24. The second-order valence-corrected chi connectivity index (χ2v) is 4.93. The molecule has 7 nitrogen and oxygen atoms in total. The van der Waals surface area contributed by atoms with Gasteiger partial charge in [0.25, 0.3) is 5.91 Å². The quantitative estimate of drug-likeness (QED) is 0.632. The summed E-state index contributed by atoms with van der Waals surface area (Å²) in [5.74, 6) is -1.26. The first kappa shape index (κ1) is 16.9. The second-order valence-electron chi connectivity index (χ2n) is 4.57. The first-order valence-electron chi connectivity index (χ1n) is 6.25. The number of urea groups is 1. The molecule has 1 heterocycles. The molecule has 0 spiro atoms. The van der Waals surface area contributed by atoms with E-state index in [9.17, 15) is 14.4 Å². The summed E-state index contributed by atoms with van der Waals surface area (Å²) in [5.41, 5.74) is 0.0521. The molecule has 0 unspecified atom stereocenters. The minimum absolute atomic E-state index is 0.0161. The summed E-state index contributed by atoms with van der Waals surface area (Å²) in [6, 6.07) is 2.30. The van der Waals surface area contributed by atoms with Gasteiger partial charge in [0.1, 0.15) is 5.15 Å². The Balaban J connectivity index is 2.38. The number of nitrogens with one attached hydrogen (secondary N) is 2. The lowest BCUT2D eigenvalue weighted by atomic mass is 10.2. The Hall–Kier alpha value is -2.15. The van der Waals surface area contributed by atoms with Crippen molar-refractivity contribution in [2.75, 3.05) is 13.2 Å². The third kappa shape index (κ3) is 6.22. The summed E-state index contributed by atoms with van der Waals surface area (Å²) in [5, 5.41) is 4.52. The highest BCUT2D eigenvalue weighted by atomic mass is 35.5. The molecule has 0 bridgehead atoms. The number of nitrogens with zero attached hydrogens (tertiary/aromatic N) is 1. The van der Waals surface area contributed by atoms with Gasteiger partial charge in [0, 0.05) is 12.7 Å². The van der Waals surface area contributed by atoms with Crippen LogP contribution in [0.3, 0.4) is 0 Å². The van der Waals surface area contributed by atoms with Crippen LogP contribution in [0.4, 0.5) is 4.79 Å². The van der Waals surface area contributed by atoms with Crippen LogP contribution in [-0.2, 0) is 9.53 Å². The first-order valence-corrected chi connectivity index (χ1v) is 6.63. The van der Waals surface area contributed by atoms with E-state index < -0.39 is 24.5 Å². The Bertz CT molecular complexity index is 534. The van der Waals surface area contributed by atoms with Gasteiger partial charge in [0.05, 0.1) is 5.56 Å². The van der Waals surface area contributed by atoms with Crippen LogP contribution >= 0.6 is 11.6 Å². The molecule has 2 N–H and O–H groups in total. The molecule has 114 valence electrons. The lowest BCUT2D eigenvalue weighted by Gasteiger charge is -2.09. The zero-order valence-electron chi connectivity index (χ0n) is 11.7. The van der Waals surface area contributed by atoms with Gasteiger partial charge in [-0.05, 0) is 18.1 Å². The molecule has 0 aliphatic carbocycles. The van der Waals surface area contributed by atoms with Crippen molar-refractivity contribution in [3.05, 3.63) is 29.0 Å². The predicted octanol–water partition coefficient (Wildman–Crippen LogP) is 1.37. The van der Waals surface area contributed by atoms with E-state index in [-0.39, 0.29) is 16.6 Å². The molecule has 21 heavy (non-hydrogen) atoms. The molecule has 8 heteroatoms. The van der Waals surface area contributed by atoms with E-state index in [1.165, 1.54) is 18.3 Å². The van der Waals surface area contributed by atoms with Gasteiger partial charge in [-0.1, -0.05) is 25.4 Å². The van der Waals surface area contributed by atoms with Gasteiger partial charge in [-0.15, -0.1) is 0 Å². The van der Waals surface area contributed by atoms with Crippen molar-refractivity contribution in [2.24, 2.45) is 5.92 Å². The van der Waals surface area contributed by atoms with E-state index >= 15 is 0 Å². The summed E-state index contributed by atoms with van der Waals surface area (Å²) in [6.07, 6.45) is 1.42. The van der Waals surface area contributed by atoms with Crippen LogP contribution < -0.4 is 10.6 Å². The number of hydrogen-bond donors (Lipinski definition) is 2. The van der Waals surface area contributed by atoms with Crippen LogP contribution in [0.25, 0.3) is 0 Å². The van der Waals surface area contributed by atoms with E-state index in [1.54, 1.807) is 0 Å². The molecule has 3 amide bonds. The van der Waals surface area contributed by atoms with Crippen molar-refractivity contribution in [1.29, 1.82) is 0 Å². The van der Waals surface area contributed by atoms with Gasteiger partial charge >= 0.3 is 12.0 Å². The smallest absolute Gasteiger partial charge is 0.341 e. The first-order chi connectivity index (χ1) is 9.90. The lowest BCUT2D eigenvalue weighted by molar-refractivity contribution is -0.123. The minimum Gasteiger partial charge on any atom is -0.452 e. The van der Waals surface area contributed by atoms with E-state index in [0.717, 1.165) is 0 Å². The normalized spacial score (nSPS) is 10.1. The summed E-state index contributed by atoms with van der Waals surface area (Å²) in [6.45, 7) is 3.69. The molecule has 0 saturated carbocycles. The minimum atomic E-state index is -0.786. The number of imide groups is 1. The molecule has 0 saturated heterocycles. The van der Waals surface area contributed by atoms with Gasteiger partial charge in [0.2, 0.25) is 0 Å². The van der Waals surface area contributed by atoms with Gasteiger partial charge < -0.3 is 10.1 Å². The number of rotatable bonds is 5. The van der Waals surface area contributed by atoms with Gasteiger partial charge in [0.15, 0.2) is 6.61 Å². The number of hydrogen-bond acceptors (Lipinski definition) is 5. The van der Waals surface area contributed by atoms with Crippen LogP contribution in [0.15, 0.2) is 18.3 Å². The number of carbonyl (C=O) groups is 3. The summed E-state index contributed by atoms with van der Waals surface area (Å²) in [4.78, 5) is 38.1. The van der Waals surface area contributed by atoms with Crippen molar-refractivity contribution in [1.82, 2.24) is 15.6 Å². The number of pyridine rings is 1. The fraction of sp³-hybridized carbons (Fsp3) is 0.385. The fourth-order valence-corrected chi connectivity index (χ4v) is 1.45.